The number of halogens is 1. The van der Waals surface area contributed by atoms with Crippen molar-refractivity contribution in [1.82, 2.24) is 24.6 Å². The molecule has 11 heteroatoms. The number of aryl methyl sites for hydroxylation is 1. The summed E-state index contributed by atoms with van der Waals surface area (Å²) in [4.78, 5) is 23.2. The van der Waals surface area contributed by atoms with E-state index < -0.39 is 17.7 Å². The highest BCUT2D eigenvalue weighted by Crippen LogP contribution is 2.40. The summed E-state index contributed by atoms with van der Waals surface area (Å²) in [6, 6.07) is 18.4. The van der Waals surface area contributed by atoms with E-state index >= 15 is 0 Å². The molecule has 0 saturated carbocycles. The zero-order valence-corrected chi connectivity index (χ0v) is 26.7. The average molecular weight is 634 g/mol. The number of hydrogen-bond donors (Lipinski definition) is 1. The van der Waals surface area contributed by atoms with Crippen LogP contribution in [-0.2, 0) is 11.8 Å². The number of nitrogens with one attached hydrogen (secondary N) is 1. The number of pyridine rings is 1. The molecule has 1 unspecified atom stereocenters. The van der Waals surface area contributed by atoms with Crippen LogP contribution in [0.15, 0.2) is 66.9 Å². The number of nitriles is 1. The molecule has 1 aliphatic heterocycles. The zero-order chi connectivity index (χ0) is 33.1. The van der Waals surface area contributed by atoms with Crippen LogP contribution < -0.4 is 9.47 Å². The maximum absolute atomic E-state index is 14.0. The van der Waals surface area contributed by atoms with E-state index in [-0.39, 0.29) is 17.9 Å². The normalized spacial score (nSPS) is 14.6. The fourth-order valence-electron chi connectivity index (χ4n) is 6.01. The molecule has 0 spiro atoms. The lowest BCUT2D eigenvalue weighted by atomic mass is 10.00. The second-order valence-electron chi connectivity index (χ2n) is 11.6. The molecule has 1 N–H and O–H groups in total. The number of ketones is 1. The highest BCUT2D eigenvalue weighted by Gasteiger charge is 2.29. The summed E-state index contributed by atoms with van der Waals surface area (Å²) < 4.78 is 27.9. The SMILES string of the molecule is CCN1CCN(CCC(=N)C(=O)C(Oc2cc3c(cc2OC)ncc2c3c(-c3ccc(C#N)cc3)nn2C)c2ccc(F)cc2)CC1. The number of methoxy groups -OCH3 is 1. The number of likely N-dealkylation sites (N-methyl/N-ethyl adjacent to an activating group) is 1. The van der Waals surface area contributed by atoms with Gasteiger partial charge in [0.1, 0.15) is 11.5 Å². The summed E-state index contributed by atoms with van der Waals surface area (Å²) in [5.74, 6) is -0.310. The van der Waals surface area contributed by atoms with Crippen molar-refractivity contribution in [3.05, 3.63) is 83.8 Å². The van der Waals surface area contributed by atoms with Crippen molar-refractivity contribution in [3.8, 4) is 28.8 Å². The van der Waals surface area contributed by atoms with E-state index in [9.17, 15) is 14.4 Å². The van der Waals surface area contributed by atoms with E-state index in [0.717, 1.165) is 54.6 Å². The number of piperazine rings is 1. The minimum atomic E-state index is -1.20. The minimum Gasteiger partial charge on any atom is -0.493 e. The van der Waals surface area contributed by atoms with Crippen molar-refractivity contribution in [1.29, 1.82) is 10.7 Å². The predicted octanol–water partition coefficient (Wildman–Crippen LogP) is 5.54. The van der Waals surface area contributed by atoms with Crippen LogP contribution in [0.5, 0.6) is 11.5 Å². The van der Waals surface area contributed by atoms with Gasteiger partial charge >= 0.3 is 0 Å². The van der Waals surface area contributed by atoms with Crippen molar-refractivity contribution in [3.63, 3.8) is 0 Å². The Balaban J connectivity index is 1.37. The number of hydrogen-bond acceptors (Lipinski definition) is 9. The highest BCUT2D eigenvalue weighted by molar-refractivity contribution is 6.40. The van der Waals surface area contributed by atoms with Crippen molar-refractivity contribution in [2.45, 2.75) is 19.4 Å². The Morgan fingerprint density at radius 2 is 1.74 bits per heavy atom. The molecule has 1 saturated heterocycles. The molecule has 240 valence electrons. The van der Waals surface area contributed by atoms with E-state index in [1.54, 1.807) is 35.1 Å². The molecule has 2 aromatic heterocycles. The van der Waals surface area contributed by atoms with Crippen LogP contribution in [0.25, 0.3) is 33.1 Å². The molecule has 10 nitrogen and oxygen atoms in total. The third kappa shape index (κ3) is 6.56. The average Bonchev–Trinajstić information content (AvgIpc) is 3.45. The molecule has 0 aliphatic carbocycles. The van der Waals surface area contributed by atoms with Gasteiger partial charge in [-0.3, -0.25) is 14.5 Å². The van der Waals surface area contributed by atoms with Crippen molar-refractivity contribution in [2.24, 2.45) is 7.05 Å². The molecule has 3 heterocycles. The van der Waals surface area contributed by atoms with Crippen LogP contribution in [0.4, 0.5) is 4.39 Å². The summed E-state index contributed by atoms with van der Waals surface area (Å²) >= 11 is 0. The Hall–Kier alpha value is -5.18. The number of carbonyl (C=O) groups is 1. The summed E-state index contributed by atoms with van der Waals surface area (Å²) in [6.45, 7) is 7.47. The highest BCUT2D eigenvalue weighted by atomic mass is 19.1. The first-order chi connectivity index (χ1) is 22.8. The predicted molar refractivity (Wildman–Crippen MR) is 178 cm³/mol. The van der Waals surface area contributed by atoms with Gasteiger partial charge in [-0.2, -0.15) is 10.4 Å². The van der Waals surface area contributed by atoms with E-state index in [0.29, 0.717) is 34.6 Å². The van der Waals surface area contributed by atoms with Crippen LogP contribution >= 0.6 is 0 Å². The third-order valence-corrected chi connectivity index (χ3v) is 8.80. The van der Waals surface area contributed by atoms with Gasteiger partial charge in [0, 0.05) is 74.2 Å². The Morgan fingerprint density at radius 3 is 2.40 bits per heavy atom. The Labute approximate surface area is 272 Å². The lowest BCUT2D eigenvalue weighted by Gasteiger charge is -2.34. The molecule has 47 heavy (non-hydrogen) atoms. The molecule has 0 radical (unpaired) electrons. The fraction of sp³-hybridized carbons (Fsp3) is 0.306. The van der Waals surface area contributed by atoms with Crippen LogP contribution in [0, 0.1) is 22.6 Å². The van der Waals surface area contributed by atoms with Gasteiger partial charge in [0.15, 0.2) is 17.6 Å². The van der Waals surface area contributed by atoms with E-state index in [2.05, 4.69) is 27.8 Å². The molecule has 1 atom stereocenters. The zero-order valence-electron chi connectivity index (χ0n) is 26.7. The van der Waals surface area contributed by atoms with Crippen LogP contribution in [0.1, 0.15) is 30.6 Å². The summed E-state index contributed by atoms with van der Waals surface area (Å²) in [7, 11) is 3.34. The summed E-state index contributed by atoms with van der Waals surface area (Å²) in [6.07, 6.45) is 0.812. The van der Waals surface area contributed by atoms with Crippen LogP contribution in [-0.4, -0.2) is 82.4 Å². The third-order valence-electron chi connectivity index (χ3n) is 8.80. The number of aromatic nitrogens is 3. The molecular weight excluding hydrogens is 597 g/mol. The molecule has 5 aromatic rings. The largest absolute Gasteiger partial charge is 0.493 e. The molecule has 3 aromatic carbocycles. The smallest absolute Gasteiger partial charge is 0.221 e. The molecule has 6 rings (SSSR count). The van der Waals surface area contributed by atoms with Gasteiger partial charge in [-0.1, -0.05) is 31.2 Å². The molecule has 0 bridgehead atoms. The van der Waals surface area contributed by atoms with Gasteiger partial charge in [-0.05, 0) is 36.9 Å². The quantitative estimate of drug-likeness (QED) is 0.188. The van der Waals surface area contributed by atoms with Gasteiger partial charge in [-0.25, -0.2) is 4.39 Å². The molecule has 1 aliphatic rings. The Morgan fingerprint density at radius 1 is 1.04 bits per heavy atom. The summed E-state index contributed by atoms with van der Waals surface area (Å²) in [5.41, 5.74) is 3.84. The van der Waals surface area contributed by atoms with Crippen molar-refractivity contribution in [2.75, 3.05) is 46.4 Å². The number of benzene rings is 3. The second-order valence-corrected chi connectivity index (χ2v) is 11.6. The molecule has 1 fully saturated rings. The van der Waals surface area contributed by atoms with E-state index in [1.165, 1.54) is 31.4 Å². The fourth-order valence-corrected chi connectivity index (χ4v) is 6.01. The second kappa shape index (κ2) is 13.7. The van der Waals surface area contributed by atoms with Gasteiger partial charge in [-0.15, -0.1) is 0 Å². The minimum absolute atomic E-state index is 0.0589. The number of nitrogens with zero attached hydrogens (tertiary/aromatic N) is 6. The Kier molecular flexibility index (Phi) is 9.24. The molecule has 0 amide bonds. The number of ether oxygens (including phenoxy) is 2. The number of fused-ring (bicyclic) bond motifs is 3. The maximum Gasteiger partial charge on any atom is 0.221 e. The van der Waals surface area contributed by atoms with Crippen LogP contribution in [0.3, 0.4) is 0 Å². The number of Topliss-reactive ketones (excluding diaryl/α,β-unsaturated/α-hetero) is 1. The van der Waals surface area contributed by atoms with Gasteiger partial charge in [0.05, 0.1) is 41.7 Å². The molecular formula is C36H36FN7O3. The van der Waals surface area contributed by atoms with Crippen molar-refractivity contribution < 1.29 is 18.7 Å². The summed E-state index contributed by atoms with van der Waals surface area (Å²) in [5, 5.41) is 24.3. The number of carbonyl (C=O) groups excluding carboxylic acids is 1. The number of rotatable bonds is 11. The standard InChI is InChI=1S/C36H36FN7O3/c1-4-43-15-17-44(18-16-43)14-13-28(39)35(45)36(25-9-11-26(37)12-10-25)47-32-19-27-29(20-31(32)46-3)40-22-30-33(27)34(41-42(30)2)24-7-5-23(21-38)6-8-24/h5-12,19-20,22,36,39H,4,13-18H2,1-3H3. The first-order valence-electron chi connectivity index (χ1n) is 15.6. The topological polar surface area (TPSA) is 120 Å². The monoisotopic (exact) mass is 633 g/mol. The van der Waals surface area contributed by atoms with Crippen molar-refractivity contribution >= 4 is 33.3 Å². The van der Waals surface area contributed by atoms with Gasteiger partial charge in [0.25, 0.3) is 0 Å². The Bertz CT molecular complexity index is 1980. The van der Waals surface area contributed by atoms with Gasteiger partial charge < -0.3 is 24.7 Å². The first-order valence-corrected chi connectivity index (χ1v) is 15.6. The van der Waals surface area contributed by atoms with Gasteiger partial charge in [0.2, 0.25) is 5.78 Å². The van der Waals surface area contributed by atoms with Crippen LogP contribution in [0.2, 0.25) is 0 Å². The van der Waals surface area contributed by atoms with E-state index in [4.69, 9.17) is 20.0 Å². The maximum atomic E-state index is 14.0. The van der Waals surface area contributed by atoms with E-state index in [1.807, 2.05) is 19.2 Å². The lowest BCUT2D eigenvalue weighted by molar-refractivity contribution is -0.119. The first kappa shape index (κ1) is 31.8. The lowest BCUT2D eigenvalue weighted by Crippen LogP contribution is -2.46.